The molecule has 0 aromatic carbocycles. The average Bonchev–Trinajstić information content (AvgIpc) is 2.76. The van der Waals surface area contributed by atoms with E-state index in [1.165, 1.54) is 38.5 Å². The van der Waals surface area contributed by atoms with Gasteiger partial charge in [-0.2, -0.15) is 0 Å². The van der Waals surface area contributed by atoms with Crippen molar-refractivity contribution in [1.29, 1.82) is 0 Å². The monoisotopic (exact) mass is 292 g/mol. The molecule has 0 aromatic rings. The van der Waals surface area contributed by atoms with Crippen LogP contribution < -0.4 is 11.1 Å². The van der Waals surface area contributed by atoms with E-state index in [9.17, 15) is 4.79 Å². The molecule has 2 atom stereocenters. The van der Waals surface area contributed by atoms with Gasteiger partial charge < -0.3 is 15.8 Å². The highest BCUT2D eigenvalue weighted by Crippen LogP contribution is 2.59. The van der Waals surface area contributed by atoms with Crippen molar-refractivity contribution in [1.82, 2.24) is 5.32 Å². The second-order valence-corrected chi connectivity index (χ2v) is 8.64. The Balaban J connectivity index is 1.42. The third-order valence-corrected chi connectivity index (χ3v) is 6.83. The van der Waals surface area contributed by atoms with Crippen molar-refractivity contribution >= 4 is 5.91 Å². The van der Waals surface area contributed by atoms with Gasteiger partial charge in [0, 0.05) is 12.6 Å². The van der Waals surface area contributed by atoms with Crippen LogP contribution in [0, 0.1) is 28.6 Å². The van der Waals surface area contributed by atoms with Gasteiger partial charge in [-0.1, -0.05) is 0 Å². The number of carbonyl (C=O) groups excluding carboxylic acids is 1. The molecule has 1 saturated heterocycles. The zero-order chi connectivity index (χ0) is 14.7. The van der Waals surface area contributed by atoms with Gasteiger partial charge in [-0.05, 0) is 68.6 Å². The van der Waals surface area contributed by atoms with Crippen LogP contribution in [0.15, 0.2) is 0 Å². The zero-order valence-corrected chi connectivity index (χ0v) is 13.1. The topological polar surface area (TPSA) is 64.3 Å². The van der Waals surface area contributed by atoms with E-state index in [1.54, 1.807) is 0 Å². The summed E-state index contributed by atoms with van der Waals surface area (Å²) in [5.74, 6) is 2.89. The van der Waals surface area contributed by atoms with Gasteiger partial charge in [0.2, 0.25) is 5.91 Å². The highest BCUT2D eigenvalue weighted by molar-refractivity contribution is 5.83. The van der Waals surface area contributed by atoms with Crippen LogP contribution in [0.1, 0.15) is 45.4 Å². The Hall–Kier alpha value is -0.610. The summed E-state index contributed by atoms with van der Waals surface area (Å²) in [6.45, 7) is 3.76. The summed E-state index contributed by atoms with van der Waals surface area (Å²) in [6, 6.07) is -0.172. The summed E-state index contributed by atoms with van der Waals surface area (Å²) in [4.78, 5) is 12.6. The minimum atomic E-state index is -0.539. The van der Waals surface area contributed by atoms with Gasteiger partial charge in [-0.15, -0.1) is 0 Å². The first kappa shape index (κ1) is 14.0. The number of hydrogen-bond acceptors (Lipinski definition) is 3. The molecule has 118 valence electrons. The smallest absolute Gasteiger partial charge is 0.229 e. The van der Waals surface area contributed by atoms with Crippen LogP contribution in [-0.2, 0) is 9.53 Å². The van der Waals surface area contributed by atoms with Crippen LogP contribution in [-0.4, -0.2) is 31.7 Å². The van der Waals surface area contributed by atoms with E-state index in [-0.39, 0.29) is 11.9 Å². The fourth-order valence-corrected chi connectivity index (χ4v) is 5.90. The molecule has 1 aliphatic heterocycles. The van der Waals surface area contributed by atoms with Crippen molar-refractivity contribution in [3.05, 3.63) is 0 Å². The molecule has 21 heavy (non-hydrogen) atoms. The molecular weight excluding hydrogens is 264 g/mol. The lowest BCUT2D eigenvalue weighted by molar-refractivity contribution is -0.132. The van der Waals surface area contributed by atoms with Crippen molar-refractivity contribution < 1.29 is 9.53 Å². The minimum Gasteiger partial charge on any atom is -0.379 e. The lowest BCUT2D eigenvalue weighted by Gasteiger charge is -2.57. The second-order valence-electron chi connectivity index (χ2n) is 8.64. The number of rotatable bonds is 3. The molecule has 4 aliphatic carbocycles. The molecule has 0 radical (unpaired) electrons. The summed E-state index contributed by atoms with van der Waals surface area (Å²) in [7, 11) is 0. The van der Waals surface area contributed by atoms with Gasteiger partial charge in [0.25, 0.3) is 0 Å². The molecule has 4 nitrogen and oxygen atoms in total. The van der Waals surface area contributed by atoms with E-state index in [0.717, 1.165) is 24.3 Å². The molecular formula is C17H28N2O2. The molecule has 5 aliphatic rings. The first-order valence-corrected chi connectivity index (χ1v) is 8.61. The van der Waals surface area contributed by atoms with Gasteiger partial charge in [0.1, 0.15) is 0 Å². The van der Waals surface area contributed by atoms with E-state index >= 15 is 0 Å². The highest BCUT2D eigenvalue weighted by atomic mass is 16.5. The van der Waals surface area contributed by atoms with E-state index in [1.807, 2.05) is 6.92 Å². The maximum absolute atomic E-state index is 12.6. The Morgan fingerprint density at radius 1 is 1.19 bits per heavy atom. The summed E-state index contributed by atoms with van der Waals surface area (Å²) < 4.78 is 5.40. The lowest BCUT2D eigenvalue weighted by Crippen LogP contribution is -2.55. The third kappa shape index (κ3) is 2.22. The Morgan fingerprint density at radius 3 is 2.24 bits per heavy atom. The van der Waals surface area contributed by atoms with Gasteiger partial charge in [-0.25, -0.2) is 0 Å². The average molecular weight is 292 g/mol. The molecule has 4 saturated carbocycles. The first-order valence-electron chi connectivity index (χ1n) is 8.61. The maximum atomic E-state index is 12.6. The number of hydrogen-bond donors (Lipinski definition) is 2. The molecule has 4 bridgehead atoms. The Labute approximate surface area is 127 Å². The van der Waals surface area contributed by atoms with E-state index in [4.69, 9.17) is 10.5 Å². The van der Waals surface area contributed by atoms with Crippen LogP contribution in [0.2, 0.25) is 0 Å². The lowest BCUT2D eigenvalue weighted by atomic mass is 9.49. The molecule has 5 rings (SSSR count). The zero-order valence-electron chi connectivity index (χ0n) is 13.1. The standard InChI is InChI=1S/C17H28N2O2/c1-16(10-21-8-14(16)18)15(20)19-9-17-5-11-2-12(6-17)4-13(3-11)7-17/h11-14H,2-10,18H2,1H3,(H,19,20). The Bertz CT molecular complexity index is 415. The first-order chi connectivity index (χ1) is 9.99. The van der Waals surface area contributed by atoms with Gasteiger partial charge in [0.15, 0.2) is 0 Å². The van der Waals surface area contributed by atoms with Crippen LogP contribution in [0.5, 0.6) is 0 Å². The van der Waals surface area contributed by atoms with Crippen molar-refractivity contribution in [3.8, 4) is 0 Å². The molecule has 3 N–H and O–H groups in total. The van der Waals surface area contributed by atoms with Gasteiger partial charge >= 0.3 is 0 Å². The number of carbonyl (C=O) groups is 1. The molecule has 0 aromatic heterocycles. The fraction of sp³-hybridized carbons (Fsp3) is 0.941. The molecule has 4 heteroatoms. The highest BCUT2D eigenvalue weighted by Gasteiger charge is 2.51. The van der Waals surface area contributed by atoms with Gasteiger partial charge in [-0.3, -0.25) is 4.79 Å². The van der Waals surface area contributed by atoms with Crippen LogP contribution in [0.4, 0.5) is 0 Å². The Kier molecular flexibility index (Phi) is 3.13. The van der Waals surface area contributed by atoms with Gasteiger partial charge in [0.05, 0.1) is 18.6 Å². The summed E-state index contributed by atoms with van der Waals surface area (Å²) in [6.07, 6.45) is 8.34. The maximum Gasteiger partial charge on any atom is 0.229 e. The SMILES string of the molecule is CC1(C(=O)NCC23CC4CC(CC(C4)C2)C3)COCC1N. The number of nitrogens with one attached hydrogen (secondary N) is 1. The van der Waals surface area contributed by atoms with Crippen molar-refractivity contribution in [2.75, 3.05) is 19.8 Å². The van der Waals surface area contributed by atoms with Crippen LogP contribution >= 0.6 is 0 Å². The summed E-state index contributed by atoms with van der Waals surface area (Å²) in [5.41, 5.74) is 5.92. The van der Waals surface area contributed by atoms with Crippen molar-refractivity contribution in [2.45, 2.75) is 51.5 Å². The van der Waals surface area contributed by atoms with Crippen molar-refractivity contribution in [2.24, 2.45) is 34.3 Å². The van der Waals surface area contributed by atoms with E-state index in [2.05, 4.69) is 5.32 Å². The number of ether oxygens (including phenoxy) is 1. The molecule has 0 spiro atoms. The molecule has 5 fully saturated rings. The molecule has 1 amide bonds. The predicted octanol–water partition coefficient (Wildman–Crippen LogP) is 1.68. The van der Waals surface area contributed by atoms with E-state index < -0.39 is 5.41 Å². The Morgan fingerprint density at radius 2 is 1.76 bits per heavy atom. The predicted molar refractivity (Wildman–Crippen MR) is 80.5 cm³/mol. The fourth-order valence-electron chi connectivity index (χ4n) is 5.90. The molecule has 2 unspecified atom stereocenters. The van der Waals surface area contributed by atoms with Crippen LogP contribution in [0.25, 0.3) is 0 Å². The third-order valence-electron chi connectivity index (χ3n) is 6.83. The summed E-state index contributed by atoms with van der Waals surface area (Å²) in [5, 5.41) is 3.25. The van der Waals surface area contributed by atoms with E-state index in [0.29, 0.717) is 18.6 Å². The van der Waals surface area contributed by atoms with Crippen LogP contribution in [0.3, 0.4) is 0 Å². The van der Waals surface area contributed by atoms with Crippen molar-refractivity contribution in [3.63, 3.8) is 0 Å². The summed E-state index contributed by atoms with van der Waals surface area (Å²) >= 11 is 0. The number of amides is 1. The largest absolute Gasteiger partial charge is 0.379 e. The number of nitrogens with two attached hydrogens (primary N) is 1. The minimum absolute atomic E-state index is 0.100. The quantitative estimate of drug-likeness (QED) is 0.832. The second kappa shape index (κ2) is 4.69. The normalized spacial score (nSPS) is 51.3. The molecule has 1 heterocycles.